The van der Waals surface area contributed by atoms with Crippen LogP contribution in [-0.2, 0) is 9.59 Å². The van der Waals surface area contributed by atoms with Crippen LogP contribution in [0.1, 0.15) is 18.4 Å². The molecular weight excluding hydrogens is 342 g/mol. The summed E-state index contributed by atoms with van der Waals surface area (Å²) in [5, 5.41) is 13.6. The molecule has 1 heterocycles. The van der Waals surface area contributed by atoms with Crippen LogP contribution in [0.5, 0.6) is 0 Å². The van der Waals surface area contributed by atoms with Gasteiger partial charge in [0, 0.05) is 30.5 Å². The van der Waals surface area contributed by atoms with Crippen molar-refractivity contribution in [3.63, 3.8) is 0 Å². The van der Waals surface area contributed by atoms with Crippen molar-refractivity contribution in [3.05, 3.63) is 46.0 Å². The maximum Gasteiger partial charge on any atom is 0.269 e. The van der Waals surface area contributed by atoms with E-state index in [0.29, 0.717) is 29.7 Å². The van der Waals surface area contributed by atoms with Crippen LogP contribution < -0.4 is 5.32 Å². The zero-order chi connectivity index (χ0) is 17.8. The molecule has 1 saturated carbocycles. The molecule has 1 aromatic rings. The first-order valence-electron chi connectivity index (χ1n) is 8.13. The molecule has 1 atom stereocenters. The molecule has 132 valence electrons. The summed E-state index contributed by atoms with van der Waals surface area (Å²) in [6.07, 6.45) is 5.35. The van der Waals surface area contributed by atoms with Gasteiger partial charge in [-0.3, -0.25) is 19.7 Å². The summed E-state index contributed by atoms with van der Waals surface area (Å²) in [6.45, 7) is 0.695. The van der Waals surface area contributed by atoms with E-state index in [4.69, 9.17) is 0 Å². The Morgan fingerprint density at radius 3 is 2.68 bits per heavy atom. The SMILES string of the molecule is O=C(NCC1CC1)C1CSCN1C(=O)C=Cc1ccc([N+](=O)[O-])cc1. The van der Waals surface area contributed by atoms with Crippen molar-refractivity contribution < 1.29 is 14.5 Å². The van der Waals surface area contributed by atoms with Crippen molar-refractivity contribution in [2.75, 3.05) is 18.2 Å². The van der Waals surface area contributed by atoms with Gasteiger partial charge in [-0.2, -0.15) is 0 Å². The minimum atomic E-state index is -0.467. The molecule has 2 aliphatic rings. The first-order valence-corrected chi connectivity index (χ1v) is 9.28. The van der Waals surface area contributed by atoms with Gasteiger partial charge in [-0.25, -0.2) is 0 Å². The first-order chi connectivity index (χ1) is 12.0. The summed E-state index contributed by atoms with van der Waals surface area (Å²) in [5.74, 6) is 1.38. The van der Waals surface area contributed by atoms with E-state index in [1.807, 2.05) is 0 Å². The Labute approximate surface area is 149 Å². The Morgan fingerprint density at radius 1 is 1.32 bits per heavy atom. The monoisotopic (exact) mass is 361 g/mol. The van der Waals surface area contributed by atoms with Gasteiger partial charge in [0.05, 0.1) is 10.8 Å². The second-order valence-electron chi connectivity index (χ2n) is 6.19. The van der Waals surface area contributed by atoms with Gasteiger partial charge in [-0.15, -0.1) is 11.8 Å². The minimum Gasteiger partial charge on any atom is -0.354 e. The number of carbonyl (C=O) groups is 2. The predicted octanol–water partition coefficient (Wildman–Crippen LogP) is 2.04. The number of hydrogen-bond donors (Lipinski definition) is 1. The average molecular weight is 361 g/mol. The fraction of sp³-hybridized carbons (Fsp3) is 0.412. The van der Waals surface area contributed by atoms with Crippen molar-refractivity contribution in [1.29, 1.82) is 0 Å². The smallest absolute Gasteiger partial charge is 0.269 e. The fourth-order valence-electron chi connectivity index (χ4n) is 2.53. The van der Waals surface area contributed by atoms with E-state index in [9.17, 15) is 19.7 Å². The third-order valence-corrected chi connectivity index (χ3v) is 5.26. The number of amides is 2. The molecular formula is C17H19N3O4S. The second kappa shape index (κ2) is 7.69. The Balaban J connectivity index is 1.58. The summed E-state index contributed by atoms with van der Waals surface area (Å²) in [5.41, 5.74) is 0.701. The van der Waals surface area contributed by atoms with E-state index < -0.39 is 11.0 Å². The number of benzene rings is 1. The number of nitrogens with zero attached hydrogens (tertiary/aromatic N) is 2. The molecule has 0 spiro atoms. The van der Waals surface area contributed by atoms with Gasteiger partial charge < -0.3 is 10.2 Å². The third kappa shape index (κ3) is 4.60. The van der Waals surface area contributed by atoms with Gasteiger partial charge in [0.25, 0.3) is 5.69 Å². The number of nitrogens with one attached hydrogen (secondary N) is 1. The van der Waals surface area contributed by atoms with Crippen LogP contribution in [0.2, 0.25) is 0 Å². The second-order valence-corrected chi connectivity index (χ2v) is 7.19. The number of nitro groups is 1. The van der Waals surface area contributed by atoms with E-state index in [0.717, 1.165) is 0 Å². The summed E-state index contributed by atoms with van der Waals surface area (Å²) in [6, 6.07) is 5.52. The van der Waals surface area contributed by atoms with Crippen molar-refractivity contribution in [3.8, 4) is 0 Å². The lowest BCUT2D eigenvalue weighted by atomic mass is 10.2. The molecule has 1 saturated heterocycles. The van der Waals surface area contributed by atoms with E-state index in [1.165, 1.54) is 31.1 Å². The lowest BCUT2D eigenvalue weighted by Crippen LogP contribution is -2.47. The molecule has 0 aromatic heterocycles. The van der Waals surface area contributed by atoms with Crippen molar-refractivity contribution in [2.24, 2.45) is 5.92 Å². The molecule has 1 aliphatic heterocycles. The molecule has 1 unspecified atom stereocenters. The van der Waals surface area contributed by atoms with Crippen LogP contribution in [0, 0.1) is 16.0 Å². The number of non-ortho nitro benzene ring substituents is 1. The van der Waals surface area contributed by atoms with Gasteiger partial charge >= 0.3 is 0 Å². The van der Waals surface area contributed by atoms with Crippen molar-refractivity contribution in [1.82, 2.24) is 10.2 Å². The number of rotatable bonds is 6. The fourth-order valence-corrected chi connectivity index (χ4v) is 3.70. The molecule has 0 radical (unpaired) electrons. The number of thioether (sulfide) groups is 1. The molecule has 0 bridgehead atoms. The number of nitro benzene ring substituents is 1. The molecule has 2 amide bonds. The largest absolute Gasteiger partial charge is 0.354 e. The minimum absolute atomic E-state index is 0.00631. The molecule has 7 nitrogen and oxygen atoms in total. The van der Waals surface area contributed by atoms with Crippen molar-refractivity contribution >= 4 is 35.3 Å². The Morgan fingerprint density at radius 2 is 2.04 bits per heavy atom. The van der Waals surface area contributed by atoms with Gasteiger partial charge in [0.2, 0.25) is 11.8 Å². The van der Waals surface area contributed by atoms with Crippen LogP contribution in [0.15, 0.2) is 30.3 Å². The molecule has 3 rings (SSSR count). The Bertz CT molecular complexity index is 700. The van der Waals surface area contributed by atoms with Crippen molar-refractivity contribution in [2.45, 2.75) is 18.9 Å². The average Bonchev–Trinajstić information content (AvgIpc) is 3.31. The van der Waals surface area contributed by atoms with Gasteiger partial charge in [-0.05, 0) is 42.5 Å². The lowest BCUT2D eigenvalue weighted by molar-refractivity contribution is -0.384. The number of hydrogen-bond acceptors (Lipinski definition) is 5. The summed E-state index contributed by atoms with van der Waals surface area (Å²) < 4.78 is 0. The molecule has 2 fully saturated rings. The molecule has 1 N–H and O–H groups in total. The lowest BCUT2D eigenvalue weighted by Gasteiger charge is -2.21. The number of carbonyl (C=O) groups excluding carboxylic acids is 2. The van der Waals surface area contributed by atoms with E-state index >= 15 is 0 Å². The highest BCUT2D eigenvalue weighted by Crippen LogP contribution is 2.28. The summed E-state index contributed by atoms with van der Waals surface area (Å²) in [4.78, 5) is 36.4. The normalized spacial score (nSPS) is 20.0. The molecule has 1 aromatic carbocycles. The van der Waals surface area contributed by atoms with E-state index in [-0.39, 0.29) is 17.5 Å². The van der Waals surface area contributed by atoms with Crippen LogP contribution in [-0.4, -0.2) is 45.9 Å². The van der Waals surface area contributed by atoms with Gasteiger partial charge in [-0.1, -0.05) is 0 Å². The molecule has 8 heteroatoms. The van der Waals surface area contributed by atoms with Crippen LogP contribution in [0.4, 0.5) is 5.69 Å². The highest BCUT2D eigenvalue weighted by molar-refractivity contribution is 7.99. The topological polar surface area (TPSA) is 92.6 Å². The zero-order valence-electron chi connectivity index (χ0n) is 13.6. The molecule has 1 aliphatic carbocycles. The van der Waals surface area contributed by atoms with Crippen LogP contribution in [0.25, 0.3) is 6.08 Å². The van der Waals surface area contributed by atoms with E-state index in [2.05, 4.69) is 5.32 Å². The Hall–Kier alpha value is -2.35. The highest BCUT2D eigenvalue weighted by Gasteiger charge is 2.34. The highest BCUT2D eigenvalue weighted by atomic mass is 32.2. The summed E-state index contributed by atoms with van der Waals surface area (Å²) in [7, 11) is 0. The van der Waals surface area contributed by atoms with Crippen LogP contribution in [0.3, 0.4) is 0 Å². The predicted molar refractivity (Wildman–Crippen MR) is 95.8 cm³/mol. The maximum absolute atomic E-state index is 12.4. The zero-order valence-corrected chi connectivity index (χ0v) is 14.4. The maximum atomic E-state index is 12.4. The van der Waals surface area contributed by atoms with E-state index in [1.54, 1.807) is 34.9 Å². The van der Waals surface area contributed by atoms with Gasteiger partial charge in [0.15, 0.2) is 0 Å². The summed E-state index contributed by atoms with van der Waals surface area (Å²) >= 11 is 1.56. The van der Waals surface area contributed by atoms with Crippen LogP contribution >= 0.6 is 11.8 Å². The standard InChI is InChI=1S/C17H19N3O4S/c21-16(8-5-12-3-6-14(7-4-12)20(23)24)19-11-25-10-15(19)17(22)18-9-13-1-2-13/h3-8,13,15H,1-2,9-11H2,(H,18,22). The molecule has 25 heavy (non-hydrogen) atoms. The Kier molecular flexibility index (Phi) is 5.37. The third-order valence-electron chi connectivity index (χ3n) is 4.25. The quantitative estimate of drug-likeness (QED) is 0.475. The van der Waals surface area contributed by atoms with Gasteiger partial charge in [0.1, 0.15) is 6.04 Å². The first kappa shape index (κ1) is 17.5.